The SMILES string of the molecule is Cc1ccc(N2C(=O)NC(=O)[C@@H](/C=N\NC(=O)c3cccc4ccccc34)C2=O)cc1. The Morgan fingerprint density at radius 3 is 2.48 bits per heavy atom. The number of hydrazone groups is 1. The van der Waals surface area contributed by atoms with Crippen LogP contribution in [0.3, 0.4) is 0 Å². The molecule has 1 aliphatic rings. The minimum atomic E-state index is -1.35. The number of nitrogens with one attached hydrogen (secondary N) is 2. The summed E-state index contributed by atoms with van der Waals surface area (Å²) in [5.41, 5.74) is 4.05. The quantitative estimate of drug-likeness (QED) is 0.389. The molecule has 5 amide bonds. The first-order valence-electron chi connectivity index (χ1n) is 9.52. The number of rotatable bonds is 4. The first-order valence-corrected chi connectivity index (χ1v) is 9.52. The minimum absolute atomic E-state index is 0.332. The first kappa shape index (κ1) is 20.0. The lowest BCUT2D eigenvalue weighted by molar-refractivity contribution is -0.131. The number of carbonyl (C=O) groups excluding carboxylic acids is 4. The molecule has 0 radical (unpaired) electrons. The Labute approximate surface area is 177 Å². The van der Waals surface area contributed by atoms with Gasteiger partial charge in [-0.25, -0.2) is 15.1 Å². The zero-order valence-corrected chi connectivity index (χ0v) is 16.5. The normalized spacial score (nSPS) is 16.6. The van der Waals surface area contributed by atoms with Crippen molar-refractivity contribution >= 4 is 46.4 Å². The van der Waals surface area contributed by atoms with Crippen LogP contribution in [0.25, 0.3) is 10.8 Å². The Bertz CT molecular complexity index is 1230. The number of carbonyl (C=O) groups is 4. The standard InChI is InChI=1S/C23H18N4O4/c1-14-9-11-16(12-10-14)27-22(30)19(20(28)25-23(27)31)13-24-26-21(29)18-8-4-6-15-5-2-3-7-17(15)18/h2-13,19H,1H3,(H,26,29)(H,25,28,31)/b24-13-/t19-/m1/s1. The van der Waals surface area contributed by atoms with E-state index in [0.29, 0.717) is 11.3 Å². The van der Waals surface area contributed by atoms with Crippen molar-refractivity contribution in [2.75, 3.05) is 4.90 Å². The first-order chi connectivity index (χ1) is 15.0. The van der Waals surface area contributed by atoms with Gasteiger partial charge in [0.15, 0.2) is 5.92 Å². The second kappa shape index (κ2) is 8.19. The molecule has 1 fully saturated rings. The highest BCUT2D eigenvalue weighted by atomic mass is 16.2. The fraction of sp³-hybridized carbons (Fsp3) is 0.0870. The maximum atomic E-state index is 12.8. The summed E-state index contributed by atoms with van der Waals surface area (Å²) in [5.74, 6) is -3.39. The number of aryl methyl sites for hydroxylation is 1. The monoisotopic (exact) mass is 414 g/mol. The Morgan fingerprint density at radius 1 is 1.00 bits per heavy atom. The number of amides is 5. The van der Waals surface area contributed by atoms with Crippen molar-refractivity contribution in [2.45, 2.75) is 6.92 Å². The maximum absolute atomic E-state index is 12.8. The van der Waals surface area contributed by atoms with Crippen molar-refractivity contribution in [2.24, 2.45) is 11.0 Å². The predicted molar refractivity (Wildman–Crippen MR) is 116 cm³/mol. The summed E-state index contributed by atoms with van der Waals surface area (Å²) < 4.78 is 0. The lowest BCUT2D eigenvalue weighted by Crippen LogP contribution is -2.58. The van der Waals surface area contributed by atoms with E-state index in [1.807, 2.05) is 37.3 Å². The highest BCUT2D eigenvalue weighted by Crippen LogP contribution is 2.21. The largest absolute Gasteiger partial charge is 0.335 e. The molecule has 0 aromatic heterocycles. The molecule has 3 aromatic rings. The summed E-state index contributed by atoms with van der Waals surface area (Å²) in [6, 6.07) is 18.6. The van der Waals surface area contributed by atoms with E-state index in [1.54, 1.807) is 36.4 Å². The molecule has 154 valence electrons. The topological polar surface area (TPSA) is 108 Å². The van der Waals surface area contributed by atoms with Crippen LogP contribution in [0.5, 0.6) is 0 Å². The van der Waals surface area contributed by atoms with Gasteiger partial charge in [0, 0.05) is 11.8 Å². The van der Waals surface area contributed by atoms with Crippen molar-refractivity contribution in [3.05, 3.63) is 77.9 Å². The zero-order valence-electron chi connectivity index (χ0n) is 16.5. The van der Waals surface area contributed by atoms with Crippen LogP contribution >= 0.6 is 0 Å². The molecule has 1 aliphatic heterocycles. The summed E-state index contributed by atoms with van der Waals surface area (Å²) >= 11 is 0. The van der Waals surface area contributed by atoms with Crippen LogP contribution in [0.1, 0.15) is 15.9 Å². The van der Waals surface area contributed by atoms with Crippen LogP contribution in [0.4, 0.5) is 10.5 Å². The highest BCUT2D eigenvalue weighted by molar-refractivity contribution is 6.32. The van der Waals surface area contributed by atoms with E-state index in [1.165, 1.54) is 0 Å². The number of fused-ring (bicyclic) bond motifs is 1. The second-order valence-electron chi connectivity index (χ2n) is 7.03. The summed E-state index contributed by atoms with van der Waals surface area (Å²) in [5, 5.41) is 7.59. The van der Waals surface area contributed by atoms with Gasteiger partial charge in [-0.1, -0.05) is 54.1 Å². The lowest BCUT2D eigenvalue weighted by Gasteiger charge is -2.28. The molecule has 0 unspecified atom stereocenters. The molecule has 1 heterocycles. The predicted octanol–water partition coefficient (Wildman–Crippen LogP) is 2.76. The molecule has 0 aliphatic carbocycles. The number of nitrogens with zero attached hydrogens (tertiary/aromatic N) is 2. The van der Waals surface area contributed by atoms with Gasteiger partial charge in [0.2, 0.25) is 5.91 Å². The van der Waals surface area contributed by atoms with Crippen molar-refractivity contribution in [3.8, 4) is 0 Å². The van der Waals surface area contributed by atoms with Crippen LogP contribution in [0.15, 0.2) is 71.8 Å². The van der Waals surface area contributed by atoms with Gasteiger partial charge in [-0.2, -0.15) is 5.10 Å². The summed E-state index contributed by atoms with van der Waals surface area (Å²) in [4.78, 5) is 50.6. The molecule has 0 spiro atoms. The fourth-order valence-corrected chi connectivity index (χ4v) is 3.31. The van der Waals surface area contributed by atoms with E-state index < -0.39 is 29.7 Å². The lowest BCUT2D eigenvalue weighted by atomic mass is 10.0. The van der Waals surface area contributed by atoms with Crippen molar-refractivity contribution in [3.63, 3.8) is 0 Å². The number of imide groups is 2. The number of hydrogen-bond donors (Lipinski definition) is 2. The summed E-state index contributed by atoms with van der Waals surface area (Å²) in [6.45, 7) is 1.87. The van der Waals surface area contributed by atoms with Gasteiger partial charge in [-0.3, -0.25) is 19.7 Å². The number of urea groups is 1. The van der Waals surface area contributed by atoms with Crippen molar-refractivity contribution in [1.29, 1.82) is 0 Å². The van der Waals surface area contributed by atoms with E-state index in [0.717, 1.165) is 27.5 Å². The Balaban J connectivity index is 1.53. The van der Waals surface area contributed by atoms with E-state index in [9.17, 15) is 19.2 Å². The molecule has 2 N–H and O–H groups in total. The highest BCUT2D eigenvalue weighted by Gasteiger charge is 2.40. The third-order valence-electron chi connectivity index (χ3n) is 4.92. The van der Waals surface area contributed by atoms with Gasteiger partial charge in [-0.05, 0) is 35.9 Å². The molecule has 0 saturated carbocycles. The molecule has 0 bridgehead atoms. The van der Waals surface area contributed by atoms with Gasteiger partial charge < -0.3 is 0 Å². The molecular weight excluding hydrogens is 396 g/mol. The number of benzene rings is 3. The van der Waals surface area contributed by atoms with Gasteiger partial charge in [0.05, 0.1) is 5.69 Å². The molecule has 31 heavy (non-hydrogen) atoms. The molecule has 8 nitrogen and oxygen atoms in total. The third-order valence-corrected chi connectivity index (χ3v) is 4.92. The molecule has 8 heteroatoms. The zero-order chi connectivity index (χ0) is 22.0. The Hall–Kier alpha value is -4.33. The van der Waals surface area contributed by atoms with Crippen LogP contribution in [0.2, 0.25) is 0 Å². The summed E-state index contributed by atoms with van der Waals surface area (Å²) in [7, 11) is 0. The Morgan fingerprint density at radius 2 is 1.71 bits per heavy atom. The molecule has 1 saturated heterocycles. The van der Waals surface area contributed by atoms with Gasteiger partial charge in [-0.15, -0.1) is 0 Å². The maximum Gasteiger partial charge on any atom is 0.335 e. The van der Waals surface area contributed by atoms with E-state index in [-0.39, 0.29) is 0 Å². The number of hydrogen-bond acceptors (Lipinski definition) is 5. The number of barbiturate groups is 1. The van der Waals surface area contributed by atoms with E-state index in [2.05, 4.69) is 15.8 Å². The number of anilines is 1. The molecule has 1 atom stereocenters. The average Bonchev–Trinajstić information content (AvgIpc) is 2.76. The van der Waals surface area contributed by atoms with Gasteiger partial charge in [0.25, 0.3) is 11.8 Å². The third kappa shape index (κ3) is 3.91. The Kier molecular flexibility index (Phi) is 5.28. The van der Waals surface area contributed by atoms with Crippen LogP contribution in [0, 0.1) is 12.8 Å². The smallest absolute Gasteiger partial charge is 0.276 e. The minimum Gasteiger partial charge on any atom is -0.276 e. The van der Waals surface area contributed by atoms with Gasteiger partial charge in [0.1, 0.15) is 0 Å². The van der Waals surface area contributed by atoms with E-state index in [4.69, 9.17) is 0 Å². The molecule has 4 rings (SSSR count). The average molecular weight is 414 g/mol. The molecule has 3 aromatic carbocycles. The molecular formula is C23H18N4O4. The van der Waals surface area contributed by atoms with Gasteiger partial charge >= 0.3 is 6.03 Å². The van der Waals surface area contributed by atoms with Crippen molar-refractivity contribution in [1.82, 2.24) is 10.7 Å². The second-order valence-corrected chi connectivity index (χ2v) is 7.03. The van der Waals surface area contributed by atoms with Crippen LogP contribution in [-0.2, 0) is 9.59 Å². The summed E-state index contributed by atoms with van der Waals surface area (Å²) in [6.07, 6.45) is 1.02. The van der Waals surface area contributed by atoms with Crippen LogP contribution in [-0.4, -0.2) is 30.0 Å². The van der Waals surface area contributed by atoms with Crippen LogP contribution < -0.4 is 15.6 Å². The fourth-order valence-electron chi connectivity index (χ4n) is 3.31. The van der Waals surface area contributed by atoms with E-state index >= 15 is 0 Å². The van der Waals surface area contributed by atoms with Crippen molar-refractivity contribution < 1.29 is 19.2 Å².